The Hall–Kier alpha value is -2.61. The zero-order valence-electron chi connectivity index (χ0n) is 19.1. The molecule has 1 aliphatic rings. The second-order valence-electron chi connectivity index (χ2n) is 8.30. The standard InChI is InChI=1S/C23H32ClN3O5/c1-5-32-23(31)17-10-12-27(13-11-17)19(28)14-26(4)22(30)20(15(2)3)25-21(29)16-6-8-18(24)9-7-16/h6-9,15,17,20H,5,10-14H2,1-4H3,(H,25,29). The fraction of sp³-hybridized carbons (Fsp3) is 0.565. The lowest BCUT2D eigenvalue weighted by atomic mass is 9.97. The highest BCUT2D eigenvalue weighted by atomic mass is 35.5. The number of nitrogens with zero attached hydrogens (tertiary/aromatic N) is 2. The molecule has 3 amide bonds. The maximum atomic E-state index is 13.0. The SMILES string of the molecule is CCOC(=O)C1CCN(C(=O)CN(C)C(=O)C(NC(=O)c2ccc(Cl)cc2)C(C)C)CC1. The number of carbonyl (C=O) groups is 4. The number of likely N-dealkylation sites (N-methyl/N-ethyl adjacent to an activating group) is 1. The van der Waals surface area contributed by atoms with E-state index in [0.717, 1.165) is 0 Å². The van der Waals surface area contributed by atoms with E-state index in [4.69, 9.17) is 16.3 Å². The molecule has 1 atom stereocenters. The van der Waals surface area contributed by atoms with Gasteiger partial charge < -0.3 is 19.9 Å². The molecule has 1 heterocycles. The van der Waals surface area contributed by atoms with Crippen LogP contribution in [-0.4, -0.2) is 72.8 Å². The molecule has 2 rings (SSSR count). The number of carbonyl (C=O) groups excluding carboxylic acids is 4. The van der Waals surface area contributed by atoms with Gasteiger partial charge in [-0.2, -0.15) is 0 Å². The maximum absolute atomic E-state index is 13.0. The number of amides is 3. The molecular formula is C23H32ClN3O5. The highest BCUT2D eigenvalue weighted by molar-refractivity contribution is 6.30. The Morgan fingerprint density at radius 3 is 2.28 bits per heavy atom. The topological polar surface area (TPSA) is 96.0 Å². The Morgan fingerprint density at radius 1 is 1.16 bits per heavy atom. The molecule has 1 N–H and O–H groups in total. The summed E-state index contributed by atoms with van der Waals surface area (Å²) in [5.74, 6) is -1.48. The summed E-state index contributed by atoms with van der Waals surface area (Å²) in [4.78, 5) is 53.1. The van der Waals surface area contributed by atoms with Crippen molar-refractivity contribution in [1.29, 1.82) is 0 Å². The van der Waals surface area contributed by atoms with Crippen LogP contribution in [0.15, 0.2) is 24.3 Å². The molecule has 0 radical (unpaired) electrons. The number of rotatable bonds is 8. The summed E-state index contributed by atoms with van der Waals surface area (Å²) in [6.07, 6.45) is 1.10. The van der Waals surface area contributed by atoms with Crippen molar-refractivity contribution < 1.29 is 23.9 Å². The van der Waals surface area contributed by atoms with Crippen LogP contribution in [0.3, 0.4) is 0 Å². The summed E-state index contributed by atoms with van der Waals surface area (Å²) in [7, 11) is 1.55. The maximum Gasteiger partial charge on any atom is 0.309 e. The van der Waals surface area contributed by atoms with Crippen molar-refractivity contribution in [1.82, 2.24) is 15.1 Å². The highest BCUT2D eigenvalue weighted by Crippen LogP contribution is 2.19. The number of benzene rings is 1. The van der Waals surface area contributed by atoms with Gasteiger partial charge in [-0.3, -0.25) is 19.2 Å². The molecule has 1 aromatic rings. The summed E-state index contributed by atoms with van der Waals surface area (Å²) >= 11 is 5.86. The van der Waals surface area contributed by atoms with Gasteiger partial charge in [-0.1, -0.05) is 25.4 Å². The van der Waals surface area contributed by atoms with Crippen molar-refractivity contribution in [3.05, 3.63) is 34.9 Å². The lowest BCUT2D eigenvalue weighted by Crippen LogP contribution is -2.53. The monoisotopic (exact) mass is 465 g/mol. The first kappa shape index (κ1) is 25.6. The van der Waals surface area contributed by atoms with Crippen LogP contribution >= 0.6 is 11.6 Å². The van der Waals surface area contributed by atoms with Crippen LogP contribution in [-0.2, 0) is 19.1 Å². The van der Waals surface area contributed by atoms with Gasteiger partial charge in [0.05, 0.1) is 19.1 Å². The molecule has 9 heteroatoms. The van der Waals surface area contributed by atoms with Gasteiger partial charge in [-0.15, -0.1) is 0 Å². The summed E-state index contributed by atoms with van der Waals surface area (Å²) in [6, 6.07) is 5.63. The minimum absolute atomic E-state index is 0.0943. The minimum atomic E-state index is -0.773. The molecule has 1 aliphatic heterocycles. The molecular weight excluding hydrogens is 434 g/mol. The van der Waals surface area contributed by atoms with Crippen LogP contribution in [0.1, 0.15) is 44.0 Å². The van der Waals surface area contributed by atoms with Crippen LogP contribution in [0, 0.1) is 11.8 Å². The van der Waals surface area contributed by atoms with Crippen molar-refractivity contribution in [3.63, 3.8) is 0 Å². The molecule has 1 unspecified atom stereocenters. The number of ether oxygens (including phenoxy) is 1. The third-order valence-corrected chi connectivity index (χ3v) is 5.79. The van der Waals surface area contributed by atoms with Crippen LogP contribution in [0.4, 0.5) is 0 Å². The lowest BCUT2D eigenvalue weighted by Gasteiger charge is -2.33. The second kappa shape index (κ2) is 11.9. The number of esters is 1. The lowest BCUT2D eigenvalue weighted by molar-refractivity contribution is -0.151. The van der Waals surface area contributed by atoms with Gasteiger partial charge in [0.2, 0.25) is 11.8 Å². The van der Waals surface area contributed by atoms with Gasteiger partial charge >= 0.3 is 5.97 Å². The highest BCUT2D eigenvalue weighted by Gasteiger charge is 2.31. The van der Waals surface area contributed by atoms with Gasteiger partial charge in [0.1, 0.15) is 6.04 Å². The molecule has 32 heavy (non-hydrogen) atoms. The first-order valence-electron chi connectivity index (χ1n) is 10.9. The van der Waals surface area contributed by atoms with Gasteiger partial charge in [0.25, 0.3) is 5.91 Å². The van der Waals surface area contributed by atoms with E-state index in [0.29, 0.717) is 43.1 Å². The van der Waals surface area contributed by atoms with Gasteiger partial charge in [-0.05, 0) is 49.9 Å². The minimum Gasteiger partial charge on any atom is -0.466 e. The van der Waals surface area contributed by atoms with Crippen molar-refractivity contribution in [2.45, 2.75) is 39.7 Å². The number of likely N-dealkylation sites (tertiary alicyclic amines) is 1. The summed E-state index contributed by atoms with van der Waals surface area (Å²) in [6.45, 7) is 6.59. The van der Waals surface area contributed by atoms with Crippen LogP contribution in [0.25, 0.3) is 0 Å². The van der Waals surface area contributed by atoms with Crippen LogP contribution in [0.5, 0.6) is 0 Å². The zero-order chi connectivity index (χ0) is 23.8. The third-order valence-electron chi connectivity index (χ3n) is 5.54. The second-order valence-corrected chi connectivity index (χ2v) is 8.74. The number of hydrogen-bond donors (Lipinski definition) is 1. The summed E-state index contributed by atoms with van der Waals surface area (Å²) in [5, 5.41) is 3.28. The average Bonchev–Trinajstić information content (AvgIpc) is 2.77. The van der Waals surface area contributed by atoms with E-state index in [9.17, 15) is 19.2 Å². The van der Waals surface area contributed by atoms with E-state index in [-0.39, 0.29) is 42.1 Å². The number of hydrogen-bond acceptors (Lipinski definition) is 5. The van der Waals surface area contributed by atoms with Gasteiger partial charge in [-0.25, -0.2) is 0 Å². The molecule has 1 saturated heterocycles. The number of halogens is 1. The Balaban J connectivity index is 1.92. The number of piperidine rings is 1. The quantitative estimate of drug-likeness (QED) is 0.594. The van der Waals surface area contributed by atoms with Gasteiger partial charge in [0.15, 0.2) is 0 Å². The van der Waals surface area contributed by atoms with E-state index in [1.807, 2.05) is 13.8 Å². The van der Waals surface area contributed by atoms with E-state index in [1.165, 1.54) is 4.90 Å². The van der Waals surface area contributed by atoms with E-state index in [2.05, 4.69) is 5.32 Å². The predicted molar refractivity (Wildman–Crippen MR) is 121 cm³/mol. The first-order valence-corrected chi connectivity index (χ1v) is 11.3. The van der Waals surface area contributed by atoms with Crippen molar-refractivity contribution in [3.8, 4) is 0 Å². The Morgan fingerprint density at radius 2 is 1.75 bits per heavy atom. The van der Waals surface area contributed by atoms with E-state index in [1.54, 1.807) is 43.1 Å². The van der Waals surface area contributed by atoms with Crippen molar-refractivity contribution in [2.24, 2.45) is 11.8 Å². The predicted octanol–water partition coefficient (Wildman–Crippen LogP) is 2.35. The Labute approximate surface area is 194 Å². The molecule has 8 nitrogen and oxygen atoms in total. The van der Waals surface area contributed by atoms with Crippen LogP contribution in [0.2, 0.25) is 5.02 Å². The molecule has 176 valence electrons. The van der Waals surface area contributed by atoms with Crippen molar-refractivity contribution >= 4 is 35.3 Å². The molecule has 1 fully saturated rings. The van der Waals surface area contributed by atoms with Gasteiger partial charge in [0, 0.05) is 30.7 Å². The smallest absolute Gasteiger partial charge is 0.309 e. The first-order chi connectivity index (χ1) is 15.1. The van der Waals surface area contributed by atoms with E-state index < -0.39 is 6.04 Å². The van der Waals surface area contributed by atoms with Crippen molar-refractivity contribution in [2.75, 3.05) is 33.3 Å². The molecule has 0 aliphatic carbocycles. The number of nitrogens with one attached hydrogen (secondary N) is 1. The third kappa shape index (κ3) is 6.95. The largest absolute Gasteiger partial charge is 0.466 e. The summed E-state index contributed by atoms with van der Waals surface area (Å²) < 4.78 is 5.05. The van der Waals surface area contributed by atoms with E-state index >= 15 is 0 Å². The molecule has 0 bridgehead atoms. The Bertz CT molecular complexity index is 819. The average molecular weight is 466 g/mol. The zero-order valence-corrected chi connectivity index (χ0v) is 19.9. The summed E-state index contributed by atoms with van der Waals surface area (Å²) in [5.41, 5.74) is 0.399. The normalized spacial score (nSPS) is 15.2. The molecule has 0 aromatic heterocycles. The fourth-order valence-corrected chi connectivity index (χ4v) is 3.71. The Kier molecular flexibility index (Phi) is 9.50. The molecule has 1 aromatic carbocycles. The van der Waals surface area contributed by atoms with Crippen LogP contribution < -0.4 is 5.32 Å². The fourth-order valence-electron chi connectivity index (χ4n) is 3.58. The molecule has 0 spiro atoms. The molecule has 0 saturated carbocycles.